The number of aromatic hydroxyl groups is 1. The first-order chi connectivity index (χ1) is 7.66. The van der Waals surface area contributed by atoms with Gasteiger partial charge in [0.2, 0.25) is 0 Å². The molecule has 4 nitrogen and oxygen atoms in total. The first-order valence-electron chi connectivity index (χ1n) is 5.97. The number of hydrogen-bond acceptors (Lipinski definition) is 4. The third-order valence-corrected chi connectivity index (χ3v) is 3.10. The van der Waals surface area contributed by atoms with Crippen molar-refractivity contribution in [1.82, 2.24) is 9.97 Å². The molecule has 1 fully saturated rings. The summed E-state index contributed by atoms with van der Waals surface area (Å²) in [6.45, 7) is 1.91. The average Bonchev–Trinajstić information content (AvgIpc) is 2.73. The van der Waals surface area contributed by atoms with Gasteiger partial charge in [0.25, 0.3) is 0 Å². The Balaban J connectivity index is 2.20. The van der Waals surface area contributed by atoms with Crippen LogP contribution in [-0.4, -0.2) is 21.1 Å². The summed E-state index contributed by atoms with van der Waals surface area (Å²) in [5.41, 5.74) is 6.41. The van der Waals surface area contributed by atoms with Gasteiger partial charge in [-0.1, -0.05) is 12.8 Å². The first-order valence-corrected chi connectivity index (χ1v) is 5.97. The van der Waals surface area contributed by atoms with Gasteiger partial charge in [0, 0.05) is 18.4 Å². The number of nitrogens with zero attached hydrogens (tertiary/aromatic N) is 2. The second-order valence-corrected chi connectivity index (χ2v) is 4.72. The van der Waals surface area contributed by atoms with Crippen LogP contribution in [0.2, 0.25) is 0 Å². The molecule has 4 heteroatoms. The Labute approximate surface area is 95.9 Å². The Hall–Kier alpha value is -1.16. The molecule has 1 saturated carbocycles. The summed E-state index contributed by atoms with van der Waals surface area (Å²) in [7, 11) is 0. The quantitative estimate of drug-likeness (QED) is 0.815. The molecule has 0 spiro atoms. The van der Waals surface area contributed by atoms with Crippen LogP contribution >= 0.6 is 0 Å². The van der Waals surface area contributed by atoms with Crippen molar-refractivity contribution in [2.24, 2.45) is 5.73 Å². The highest BCUT2D eigenvalue weighted by molar-refractivity contribution is 5.24. The van der Waals surface area contributed by atoms with Crippen LogP contribution in [0.15, 0.2) is 6.20 Å². The molecule has 3 N–H and O–H groups in total. The van der Waals surface area contributed by atoms with Gasteiger partial charge in [-0.25, -0.2) is 9.97 Å². The lowest BCUT2D eigenvalue weighted by atomic mass is 10.1. The van der Waals surface area contributed by atoms with E-state index in [0.29, 0.717) is 18.0 Å². The monoisotopic (exact) mass is 221 g/mol. The van der Waals surface area contributed by atoms with Crippen LogP contribution in [0.4, 0.5) is 0 Å². The lowest BCUT2D eigenvalue weighted by molar-refractivity contribution is 0.454. The van der Waals surface area contributed by atoms with E-state index in [2.05, 4.69) is 9.97 Å². The highest BCUT2D eigenvalue weighted by Crippen LogP contribution is 2.32. The topological polar surface area (TPSA) is 72.0 Å². The van der Waals surface area contributed by atoms with Crippen molar-refractivity contribution >= 4 is 0 Å². The van der Waals surface area contributed by atoms with Crippen LogP contribution in [-0.2, 0) is 6.42 Å². The normalized spacial score (nSPS) is 18.9. The summed E-state index contributed by atoms with van der Waals surface area (Å²) < 4.78 is 0. The van der Waals surface area contributed by atoms with Gasteiger partial charge in [-0.15, -0.1) is 0 Å². The second-order valence-electron chi connectivity index (χ2n) is 4.72. The Kier molecular flexibility index (Phi) is 3.39. The highest BCUT2D eigenvalue weighted by atomic mass is 16.3. The van der Waals surface area contributed by atoms with Crippen molar-refractivity contribution in [2.75, 3.05) is 0 Å². The van der Waals surface area contributed by atoms with Crippen molar-refractivity contribution in [3.63, 3.8) is 0 Å². The van der Waals surface area contributed by atoms with E-state index in [0.717, 1.165) is 5.82 Å². The van der Waals surface area contributed by atoms with Gasteiger partial charge < -0.3 is 10.8 Å². The largest absolute Gasteiger partial charge is 0.504 e. The van der Waals surface area contributed by atoms with Crippen molar-refractivity contribution in [2.45, 2.75) is 51.0 Å². The Morgan fingerprint density at radius 3 is 2.81 bits per heavy atom. The molecule has 1 unspecified atom stereocenters. The Morgan fingerprint density at radius 2 is 2.19 bits per heavy atom. The van der Waals surface area contributed by atoms with E-state index < -0.39 is 0 Å². The van der Waals surface area contributed by atoms with Gasteiger partial charge in [0.15, 0.2) is 5.75 Å². The highest BCUT2D eigenvalue weighted by Gasteiger charge is 2.20. The third-order valence-electron chi connectivity index (χ3n) is 3.10. The number of hydrogen-bond donors (Lipinski definition) is 2. The molecule has 1 aromatic rings. The maximum atomic E-state index is 9.65. The smallest absolute Gasteiger partial charge is 0.155 e. The van der Waals surface area contributed by atoms with E-state index >= 15 is 0 Å². The fourth-order valence-corrected chi connectivity index (χ4v) is 2.26. The SMILES string of the molecule is CC(N)Cc1nc(C2CCCC2)ncc1O. The minimum atomic E-state index is 0.0113. The molecule has 1 aliphatic rings. The van der Waals surface area contributed by atoms with Crippen LogP contribution in [0.1, 0.15) is 50.0 Å². The molecule has 1 aromatic heterocycles. The molecular weight excluding hydrogens is 202 g/mol. The fourth-order valence-electron chi connectivity index (χ4n) is 2.26. The van der Waals surface area contributed by atoms with Crippen LogP contribution in [0.3, 0.4) is 0 Å². The zero-order valence-electron chi connectivity index (χ0n) is 9.69. The molecule has 88 valence electrons. The minimum Gasteiger partial charge on any atom is -0.504 e. The van der Waals surface area contributed by atoms with Crippen molar-refractivity contribution in [3.8, 4) is 5.75 Å². The van der Waals surface area contributed by atoms with Crippen LogP contribution in [0, 0.1) is 0 Å². The number of rotatable bonds is 3. The Morgan fingerprint density at radius 1 is 1.50 bits per heavy atom. The summed E-state index contributed by atoms with van der Waals surface area (Å²) in [6.07, 6.45) is 6.98. The van der Waals surface area contributed by atoms with E-state index in [-0.39, 0.29) is 11.8 Å². The lowest BCUT2D eigenvalue weighted by Crippen LogP contribution is -2.19. The van der Waals surface area contributed by atoms with E-state index in [9.17, 15) is 5.11 Å². The molecule has 0 radical (unpaired) electrons. The molecule has 0 aromatic carbocycles. The maximum absolute atomic E-state index is 9.65. The summed E-state index contributed by atoms with van der Waals surface area (Å²) in [5.74, 6) is 1.53. The minimum absolute atomic E-state index is 0.0113. The molecule has 1 atom stereocenters. The van der Waals surface area contributed by atoms with Crippen molar-refractivity contribution in [1.29, 1.82) is 0 Å². The predicted octanol–water partition coefficient (Wildman–Crippen LogP) is 1.73. The lowest BCUT2D eigenvalue weighted by Gasteiger charge is -2.11. The van der Waals surface area contributed by atoms with E-state index in [4.69, 9.17) is 5.73 Å². The summed E-state index contributed by atoms with van der Waals surface area (Å²) >= 11 is 0. The molecule has 1 heterocycles. The molecule has 0 bridgehead atoms. The van der Waals surface area contributed by atoms with Gasteiger partial charge in [0.05, 0.1) is 11.9 Å². The van der Waals surface area contributed by atoms with Gasteiger partial charge in [-0.3, -0.25) is 0 Å². The van der Waals surface area contributed by atoms with E-state index in [1.54, 1.807) is 0 Å². The molecule has 2 rings (SSSR count). The average molecular weight is 221 g/mol. The zero-order valence-corrected chi connectivity index (χ0v) is 9.69. The third kappa shape index (κ3) is 2.50. The van der Waals surface area contributed by atoms with Gasteiger partial charge >= 0.3 is 0 Å². The molecule has 16 heavy (non-hydrogen) atoms. The standard InChI is InChI=1S/C12H19N3O/c1-8(13)6-10-11(16)7-14-12(15-10)9-4-2-3-5-9/h7-9,16H,2-6,13H2,1H3. The van der Waals surface area contributed by atoms with Gasteiger partial charge in [-0.2, -0.15) is 0 Å². The van der Waals surface area contributed by atoms with Crippen molar-refractivity contribution < 1.29 is 5.11 Å². The van der Waals surface area contributed by atoms with E-state index in [1.165, 1.54) is 31.9 Å². The predicted molar refractivity (Wildman–Crippen MR) is 62.3 cm³/mol. The summed E-state index contributed by atoms with van der Waals surface area (Å²) in [5, 5.41) is 9.65. The van der Waals surface area contributed by atoms with Gasteiger partial charge in [0.1, 0.15) is 5.82 Å². The molecule has 0 amide bonds. The fraction of sp³-hybridized carbons (Fsp3) is 0.667. The Bertz CT molecular complexity index is 359. The molecular formula is C12H19N3O. The van der Waals surface area contributed by atoms with Crippen LogP contribution in [0.5, 0.6) is 5.75 Å². The summed E-state index contributed by atoms with van der Waals surface area (Å²) in [6, 6.07) is 0.0113. The van der Waals surface area contributed by atoms with E-state index in [1.807, 2.05) is 6.92 Å². The van der Waals surface area contributed by atoms with Crippen LogP contribution < -0.4 is 5.73 Å². The number of aromatic nitrogens is 2. The summed E-state index contributed by atoms with van der Waals surface area (Å²) in [4.78, 5) is 8.68. The van der Waals surface area contributed by atoms with Crippen molar-refractivity contribution in [3.05, 3.63) is 17.7 Å². The van der Waals surface area contributed by atoms with Gasteiger partial charge in [-0.05, 0) is 19.8 Å². The molecule has 1 aliphatic carbocycles. The van der Waals surface area contributed by atoms with Crippen LogP contribution in [0.25, 0.3) is 0 Å². The zero-order chi connectivity index (χ0) is 11.5. The maximum Gasteiger partial charge on any atom is 0.155 e. The second kappa shape index (κ2) is 4.78. The molecule has 0 saturated heterocycles. The number of nitrogens with two attached hydrogens (primary N) is 1. The first kappa shape index (κ1) is 11.3. The molecule has 0 aliphatic heterocycles.